The number of nitrogens with zero attached hydrogens (tertiary/aromatic N) is 1. The number of amides is 2. The summed E-state index contributed by atoms with van der Waals surface area (Å²) in [6.45, 7) is 3.97. The molecule has 10 heteroatoms. The van der Waals surface area contributed by atoms with Crippen LogP contribution in [0.25, 0.3) is 0 Å². The van der Waals surface area contributed by atoms with E-state index in [-0.39, 0.29) is 40.5 Å². The molecule has 0 heterocycles. The first-order chi connectivity index (χ1) is 13.6. The molecule has 2 aromatic rings. The van der Waals surface area contributed by atoms with E-state index >= 15 is 0 Å². The van der Waals surface area contributed by atoms with Crippen LogP contribution < -0.4 is 15.8 Å². The van der Waals surface area contributed by atoms with Gasteiger partial charge in [-0.1, -0.05) is 13.8 Å². The summed E-state index contributed by atoms with van der Waals surface area (Å²) < 4.78 is 45.5. The van der Waals surface area contributed by atoms with Crippen molar-refractivity contribution in [1.82, 2.24) is 4.31 Å². The highest BCUT2D eigenvalue weighted by molar-refractivity contribution is 7.89. The summed E-state index contributed by atoms with van der Waals surface area (Å²) in [7, 11) is -2.45. The van der Waals surface area contributed by atoms with Gasteiger partial charge in [0.05, 0.1) is 23.1 Å². The molecule has 0 aliphatic heterocycles. The SMILES string of the molecule is CCN(CC)S(=O)(=O)c1ccc(OC)c(C(=O)Nc2ccc(F)c(C(N)=O)c2)c1. The minimum atomic E-state index is -3.79. The number of primary amides is 1. The van der Waals surface area contributed by atoms with Crippen molar-refractivity contribution < 1.29 is 27.1 Å². The van der Waals surface area contributed by atoms with Crippen molar-refractivity contribution in [3.05, 3.63) is 53.3 Å². The molecular weight excluding hydrogens is 401 g/mol. The van der Waals surface area contributed by atoms with Crippen LogP contribution in [0, 0.1) is 5.82 Å². The lowest BCUT2D eigenvalue weighted by atomic mass is 10.1. The standard InChI is InChI=1S/C19H22FN3O5S/c1-4-23(5-2)29(26,27)13-7-9-17(28-3)15(11-13)19(25)22-12-6-8-16(20)14(10-12)18(21)24/h6-11H,4-5H2,1-3H3,(H2,21,24)(H,22,25). The van der Waals surface area contributed by atoms with Gasteiger partial charge in [-0.25, -0.2) is 12.8 Å². The second kappa shape index (κ2) is 9.01. The van der Waals surface area contributed by atoms with Gasteiger partial charge in [-0.2, -0.15) is 4.31 Å². The van der Waals surface area contributed by atoms with Gasteiger partial charge in [0.1, 0.15) is 11.6 Å². The maximum atomic E-state index is 13.6. The molecule has 29 heavy (non-hydrogen) atoms. The third kappa shape index (κ3) is 4.72. The molecule has 156 valence electrons. The molecule has 3 N–H and O–H groups in total. The number of nitrogens with two attached hydrogens (primary N) is 1. The predicted octanol–water partition coefficient (Wildman–Crippen LogP) is 2.22. The Morgan fingerprint density at radius 1 is 1.10 bits per heavy atom. The summed E-state index contributed by atoms with van der Waals surface area (Å²) in [5.74, 6) is -2.34. The maximum Gasteiger partial charge on any atom is 0.259 e. The highest BCUT2D eigenvalue weighted by atomic mass is 32.2. The molecule has 2 amide bonds. The molecule has 0 bridgehead atoms. The van der Waals surface area contributed by atoms with Gasteiger partial charge in [-0.05, 0) is 36.4 Å². The molecule has 0 saturated heterocycles. The summed E-state index contributed by atoms with van der Waals surface area (Å²) in [6, 6.07) is 7.28. The molecule has 0 aromatic heterocycles. The summed E-state index contributed by atoms with van der Waals surface area (Å²) in [5, 5.41) is 2.49. The number of anilines is 1. The van der Waals surface area contributed by atoms with E-state index in [1.54, 1.807) is 13.8 Å². The molecular formula is C19H22FN3O5S. The smallest absolute Gasteiger partial charge is 0.259 e. The molecule has 0 radical (unpaired) electrons. The van der Waals surface area contributed by atoms with E-state index in [2.05, 4.69) is 5.32 Å². The Kier molecular flexibility index (Phi) is 6.93. The quantitative estimate of drug-likeness (QED) is 0.675. The fourth-order valence-corrected chi connectivity index (χ4v) is 4.21. The Morgan fingerprint density at radius 2 is 1.76 bits per heavy atom. The Hall–Kier alpha value is -2.98. The second-order valence-corrected chi connectivity index (χ2v) is 7.90. The fraction of sp³-hybridized carbons (Fsp3) is 0.263. The average molecular weight is 423 g/mol. The first-order valence-corrected chi connectivity index (χ1v) is 10.2. The topological polar surface area (TPSA) is 119 Å². The van der Waals surface area contributed by atoms with Crippen molar-refractivity contribution in [1.29, 1.82) is 0 Å². The molecule has 8 nitrogen and oxygen atoms in total. The first-order valence-electron chi connectivity index (χ1n) is 8.74. The van der Waals surface area contributed by atoms with Crippen LogP contribution in [0.3, 0.4) is 0 Å². The molecule has 0 spiro atoms. The number of halogens is 1. The largest absolute Gasteiger partial charge is 0.496 e. The van der Waals surface area contributed by atoms with Crippen molar-refractivity contribution in [2.45, 2.75) is 18.7 Å². The lowest BCUT2D eigenvalue weighted by molar-refractivity contribution is 0.0992. The van der Waals surface area contributed by atoms with E-state index in [1.165, 1.54) is 35.7 Å². The van der Waals surface area contributed by atoms with Gasteiger partial charge in [-0.15, -0.1) is 0 Å². The molecule has 2 rings (SSSR count). The van der Waals surface area contributed by atoms with Gasteiger partial charge in [-0.3, -0.25) is 9.59 Å². The number of nitrogens with one attached hydrogen (secondary N) is 1. The van der Waals surface area contributed by atoms with Crippen LogP contribution in [0.1, 0.15) is 34.6 Å². The zero-order valence-electron chi connectivity index (χ0n) is 16.2. The number of benzene rings is 2. The van der Waals surface area contributed by atoms with Gasteiger partial charge in [0.2, 0.25) is 10.0 Å². The van der Waals surface area contributed by atoms with Crippen molar-refractivity contribution in [3.8, 4) is 5.75 Å². The number of hydrogen-bond acceptors (Lipinski definition) is 5. The monoisotopic (exact) mass is 423 g/mol. The third-order valence-corrected chi connectivity index (χ3v) is 6.29. The number of hydrogen-bond donors (Lipinski definition) is 2. The van der Waals surface area contributed by atoms with Crippen LogP contribution in [-0.2, 0) is 10.0 Å². The molecule has 0 saturated carbocycles. The normalized spacial score (nSPS) is 11.3. The number of sulfonamides is 1. The zero-order valence-corrected chi connectivity index (χ0v) is 17.0. The van der Waals surface area contributed by atoms with Crippen LogP contribution in [-0.4, -0.2) is 44.7 Å². The Bertz CT molecular complexity index is 1040. The summed E-state index contributed by atoms with van der Waals surface area (Å²) >= 11 is 0. The predicted molar refractivity (Wildman–Crippen MR) is 106 cm³/mol. The summed E-state index contributed by atoms with van der Waals surface area (Å²) in [6.07, 6.45) is 0. The second-order valence-electron chi connectivity index (χ2n) is 5.96. The average Bonchev–Trinajstić information content (AvgIpc) is 2.69. The lowest BCUT2D eigenvalue weighted by Crippen LogP contribution is -2.30. The van der Waals surface area contributed by atoms with Crippen molar-refractivity contribution in [3.63, 3.8) is 0 Å². The third-order valence-electron chi connectivity index (χ3n) is 4.25. The van der Waals surface area contributed by atoms with Crippen LogP contribution in [0.5, 0.6) is 5.75 Å². The van der Waals surface area contributed by atoms with Gasteiger partial charge in [0.15, 0.2) is 0 Å². The van der Waals surface area contributed by atoms with Gasteiger partial charge < -0.3 is 15.8 Å². The Balaban J connectivity index is 2.44. The van der Waals surface area contributed by atoms with E-state index in [0.29, 0.717) is 0 Å². The highest BCUT2D eigenvalue weighted by Gasteiger charge is 2.24. The lowest BCUT2D eigenvalue weighted by Gasteiger charge is -2.19. The minimum Gasteiger partial charge on any atom is -0.496 e. The Labute approximate surface area is 168 Å². The van der Waals surface area contributed by atoms with Crippen molar-refractivity contribution in [2.75, 3.05) is 25.5 Å². The van der Waals surface area contributed by atoms with Crippen LogP contribution in [0.2, 0.25) is 0 Å². The number of carbonyl (C=O) groups is 2. The number of carbonyl (C=O) groups excluding carboxylic acids is 2. The van der Waals surface area contributed by atoms with E-state index < -0.39 is 27.7 Å². The molecule has 2 aromatic carbocycles. The van der Waals surface area contributed by atoms with E-state index in [1.807, 2.05) is 0 Å². The van der Waals surface area contributed by atoms with Crippen molar-refractivity contribution >= 4 is 27.5 Å². The van der Waals surface area contributed by atoms with Gasteiger partial charge >= 0.3 is 0 Å². The van der Waals surface area contributed by atoms with Crippen LogP contribution in [0.4, 0.5) is 10.1 Å². The van der Waals surface area contributed by atoms with E-state index in [9.17, 15) is 22.4 Å². The Morgan fingerprint density at radius 3 is 2.31 bits per heavy atom. The molecule has 0 unspecified atom stereocenters. The fourth-order valence-electron chi connectivity index (χ4n) is 2.73. The number of methoxy groups -OCH3 is 1. The van der Waals surface area contributed by atoms with E-state index in [0.717, 1.165) is 12.1 Å². The first kappa shape index (κ1) is 22.3. The molecule has 0 atom stereocenters. The summed E-state index contributed by atoms with van der Waals surface area (Å²) in [5.41, 5.74) is 4.81. The minimum absolute atomic E-state index is 0.0364. The molecule has 0 fully saturated rings. The summed E-state index contributed by atoms with van der Waals surface area (Å²) in [4.78, 5) is 24.0. The van der Waals surface area contributed by atoms with Gasteiger partial charge in [0, 0.05) is 18.8 Å². The number of rotatable bonds is 8. The van der Waals surface area contributed by atoms with E-state index in [4.69, 9.17) is 10.5 Å². The van der Waals surface area contributed by atoms with Gasteiger partial charge in [0.25, 0.3) is 11.8 Å². The number of ether oxygens (including phenoxy) is 1. The van der Waals surface area contributed by atoms with Crippen molar-refractivity contribution in [2.24, 2.45) is 5.73 Å². The molecule has 0 aliphatic carbocycles. The highest BCUT2D eigenvalue weighted by Crippen LogP contribution is 2.26. The van der Waals surface area contributed by atoms with Crippen LogP contribution >= 0.6 is 0 Å². The van der Waals surface area contributed by atoms with Crippen LogP contribution in [0.15, 0.2) is 41.3 Å². The maximum absolute atomic E-state index is 13.6. The zero-order chi connectivity index (χ0) is 21.8. The molecule has 0 aliphatic rings.